The number of thioether (sulfide) groups is 1. The van der Waals surface area contributed by atoms with Gasteiger partial charge in [-0.25, -0.2) is 15.8 Å². The number of nitrogens with two attached hydrogens (primary N) is 1. The van der Waals surface area contributed by atoms with Crippen molar-refractivity contribution in [2.24, 2.45) is 5.84 Å². The molecule has 0 spiro atoms. The third kappa shape index (κ3) is 2.91. The largest absolute Gasteiger partial charge is 0.290 e. The Labute approximate surface area is 115 Å². The van der Waals surface area contributed by atoms with Gasteiger partial charge in [0.1, 0.15) is 0 Å². The van der Waals surface area contributed by atoms with Crippen LogP contribution in [0.1, 0.15) is 16.1 Å². The predicted molar refractivity (Wildman–Crippen MR) is 75.6 cm³/mol. The highest BCUT2D eigenvalue weighted by Crippen LogP contribution is 2.20. The zero-order valence-corrected chi connectivity index (χ0v) is 11.5. The summed E-state index contributed by atoms with van der Waals surface area (Å²) >= 11 is 1.68. The average Bonchev–Trinajstić information content (AvgIpc) is 2.46. The van der Waals surface area contributed by atoms with Crippen LogP contribution in [0.5, 0.6) is 0 Å². The SMILES string of the molecule is CSc1ccc(-c2ncc(C(=O)NN)c(C)n2)cc1. The quantitative estimate of drug-likeness (QED) is 0.386. The average molecular weight is 274 g/mol. The Balaban J connectivity index is 2.35. The van der Waals surface area contributed by atoms with E-state index in [9.17, 15) is 4.79 Å². The molecular formula is C13H14N4OS. The van der Waals surface area contributed by atoms with E-state index in [4.69, 9.17) is 5.84 Å². The van der Waals surface area contributed by atoms with Gasteiger partial charge < -0.3 is 0 Å². The molecule has 98 valence electrons. The summed E-state index contributed by atoms with van der Waals surface area (Å²) in [6.07, 6.45) is 3.51. The summed E-state index contributed by atoms with van der Waals surface area (Å²) < 4.78 is 0. The van der Waals surface area contributed by atoms with Crippen molar-refractivity contribution >= 4 is 17.7 Å². The molecule has 1 heterocycles. The number of nitrogen functional groups attached to an aromatic ring is 1. The summed E-state index contributed by atoms with van der Waals surface area (Å²) in [5, 5.41) is 0. The number of rotatable bonds is 3. The predicted octanol–water partition coefficient (Wildman–Crippen LogP) is 1.78. The maximum absolute atomic E-state index is 11.4. The summed E-state index contributed by atoms with van der Waals surface area (Å²) in [5.74, 6) is 5.31. The van der Waals surface area contributed by atoms with Gasteiger partial charge in [0.25, 0.3) is 5.91 Å². The number of hydrogen-bond donors (Lipinski definition) is 2. The van der Waals surface area contributed by atoms with Crippen molar-refractivity contribution in [3.63, 3.8) is 0 Å². The fraction of sp³-hybridized carbons (Fsp3) is 0.154. The van der Waals surface area contributed by atoms with E-state index >= 15 is 0 Å². The van der Waals surface area contributed by atoms with Gasteiger partial charge in [-0.15, -0.1) is 11.8 Å². The molecule has 0 radical (unpaired) electrons. The summed E-state index contributed by atoms with van der Waals surface area (Å²) in [6, 6.07) is 7.95. The van der Waals surface area contributed by atoms with E-state index in [1.165, 1.54) is 11.1 Å². The molecule has 0 aliphatic rings. The van der Waals surface area contributed by atoms with Crippen LogP contribution >= 0.6 is 11.8 Å². The molecular weight excluding hydrogens is 260 g/mol. The molecule has 0 bridgehead atoms. The first-order valence-electron chi connectivity index (χ1n) is 5.64. The van der Waals surface area contributed by atoms with Gasteiger partial charge in [0.15, 0.2) is 5.82 Å². The lowest BCUT2D eigenvalue weighted by molar-refractivity contribution is 0.0952. The van der Waals surface area contributed by atoms with Crippen molar-refractivity contribution < 1.29 is 4.79 Å². The number of aryl methyl sites for hydroxylation is 1. The highest BCUT2D eigenvalue weighted by atomic mass is 32.2. The Kier molecular flexibility index (Phi) is 4.13. The second kappa shape index (κ2) is 5.81. The van der Waals surface area contributed by atoms with Gasteiger partial charge in [-0.3, -0.25) is 10.2 Å². The normalized spacial score (nSPS) is 10.3. The first-order chi connectivity index (χ1) is 9.15. The molecule has 0 aliphatic heterocycles. The van der Waals surface area contributed by atoms with E-state index in [0.717, 1.165) is 5.56 Å². The second-order valence-corrected chi connectivity index (χ2v) is 4.77. The first kappa shape index (κ1) is 13.5. The van der Waals surface area contributed by atoms with Crippen LogP contribution in [0.3, 0.4) is 0 Å². The van der Waals surface area contributed by atoms with Gasteiger partial charge in [0.05, 0.1) is 11.3 Å². The van der Waals surface area contributed by atoms with Crippen LogP contribution in [0, 0.1) is 6.92 Å². The third-order valence-corrected chi connectivity index (χ3v) is 3.45. The van der Waals surface area contributed by atoms with Gasteiger partial charge in [0, 0.05) is 16.7 Å². The Bertz CT molecular complexity index is 598. The number of nitrogens with zero attached hydrogens (tertiary/aromatic N) is 2. The standard InChI is InChI=1S/C13H14N4OS/c1-8-11(13(18)17-14)7-15-12(16-8)9-3-5-10(19-2)6-4-9/h3-7H,14H2,1-2H3,(H,17,18). The first-order valence-corrected chi connectivity index (χ1v) is 6.87. The van der Waals surface area contributed by atoms with Crippen molar-refractivity contribution in [3.8, 4) is 11.4 Å². The number of hydrogen-bond acceptors (Lipinski definition) is 5. The molecule has 6 heteroatoms. The van der Waals surface area contributed by atoms with E-state index in [1.54, 1.807) is 18.7 Å². The Morgan fingerprint density at radius 3 is 2.53 bits per heavy atom. The molecule has 1 amide bonds. The molecule has 1 aromatic carbocycles. The Morgan fingerprint density at radius 2 is 2.00 bits per heavy atom. The summed E-state index contributed by atoms with van der Waals surface area (Å²) in [6.45, 7) is 1.76. The topological polar surface area (TPSA) is 80.9 Å². The van der Waals surface area contributed by atoms with E-state index in [1.807, 2.05) is 30.5 Å². The minimum absolute atomic E-state index is 0.381. The van der Waals surface area contributed by atoms with Gasteiger partial charge >= 0.3 is 0 Å². The maximum Gasteiger partial charge on any atom is 0.268 e. The number of carbonyl (C=O) groups is 1. The zero-order valence-electron chi connectivity index (χ0n) is 10.7. The second-order valence-electron chi connectivity index (χ2n) is 3.89. The number of amides is 1. The number of benzene rings is 1. The smallest absolute Gasteiger partial charge is 0.268 e. The monoisotopic (exact) mass is 274 g/mol. The number of aromatic nitrogens is 2. The van der Waals surface area contributed by atoms with E-state index in [-0.39, 0.29) is 5.91 Å². The minimum Gasteiger partial charge on any atom is -0.290 e. The molecule has 0 unspecified atom stereocenters. The highest BCUT2D eigenvalue weighted by Gasteiger charge is 2.11. The summed E-state index contributed by atoms with van der Waals surface area (Å²) in [4.78, 5) is 21.2. The van der Waals surface area contributed by atoms with Gasteiger partial charge in [0.2, 0.25) is 0 Å². The third-order valence-electron chi connectivity index (χ3n) is 2.70. The minimum atomic E-state index is -0.387. The van der Waals surface area contributed by atoms with Crippen molar-refractivity contribution in [2.45, 2.75) is 11.8 Å². The van der Waals surface area contributed by atoms with Crippen LogP contribution in [0.25, 0.3) is 11.4 Å². The van der Waals surface area contributed by atoms with E-state index in [2.05, 4.69) is 15.4 Å². The number of hydrazine groups is 1. The van der Waals surface area contributed by atoms with Crippen LogP contribution in [0.4, 0.5) is 0 Å². The van der Waals surface area contributed by atoms with Crippen LogP contribution in [0.2, 0.25) is 0 Å². The highest BCUT2D eigenvalue weighted by molar-refractivity contribution is 7.98. The van der Waals surface area contributed by atoms with Crippen molar-refractivity contribution in [2.75, 3.05) is 6.26 Å². The molecule has 0 atom stereocenters. The lowest BCUT2D eigenvalue weighted by atomic mass is 10.2. The fourth-order valence-electron chi connectivity index (χ4n) is 1.65. The lowest BCUT2D eigenvalue weighted by Gasteiger charge is -2.06. The zero-order chi connectivity index (χ0) is 13.8. The molecule has 5 nitrogen and oxygen atoms in total. The van der Waals surface area contributed by atoms with Crippen LogP contribution in [-0.2, 0) is 0 Å². The van der Waals surface area contributed by atoms with Crippen molar-refractivity contribution in [1.29, 1.82) is 0 Å². The van der Waals surface area contributed by atoms with Crippen LogP contribution in [-0.4, -0.2) is 22.1 Å². The van der Waals surface area contributed by atoms with Crippen LogP contribution < -0.4 is 11.3 Å². The number of carbonyl (C=O) groups excluding carboxylic acids is 1. The van der Waals surface area contributed by atoms with Crippen molar-refractivity contribution in [3.05, 3.63) is 41.7 Å². The molecule has 0 aliphatic carbocycles. The molecule has 2 aromatic rings. The molecule has 19 heavy (non-hydrogen) atoms. The molecule has 3 N–H and O–H groups in total. The fourth-order valence-corrected chi connectivity index (χ4v) is 2.06. The molecule has 1 aromatic heterocycles. The molecule has 0 fully saturated rings. The number of nitrogens with one attached hydrogen (secondary N) is 1. The molecule has 0 saturated heterocycles. The Hall–Kier alpha value is -1.92. The van der Waals surface area contributed by atoms with Gasteiger partial charge in [-0.1, -0.05) is 12.1 Å². The summed E-state index contributed by atoms with van der Waals surface area (Å²) in [7, 11) is 0. The molecule has 0 saturated carbocycles. The lowest BCUT2D eigenvalue weighted by Crippen LogP contribution is -2.31. The van der Waals surface area contributed by atoms with Crippen molar-refractivity contribution in [1.82, 2.24) is 15.4 Å². The van der Waals surface area contributed by atoms with Gasteiger partial charge in [-0.2, -0.15) is 0 Å². The Morgan fingerprint density at radius 1 is 1.32 bits per heavy atom. The molecule has 2 rings (SSSR count). The van der Waals surface area contributed by atoms with Gasteiger partial charge in [-0.05, 0) is 25.3 Å². The van der Waals surface area contributed by atoms with E-state index < -0.39 is 0 Å². The van der Waals surface area contributed by atoms with E-state index in [0.29, 0.717) is 17.1 Å². The van der Waals surface area contributed by atoms with Crippen LogP contribution in [0.15, 0.2) is 35.4 Å². The maximum atomic E-state index is 11.4. The summed E-state index contributed by atoms with van der Waals surface area (Å²) in [5.41, 5.74) is 3.97.